The van der Waals surface area contributed by atoms with E-state index in [-0.39, 0.29) is 6.10 Å². The number of aliphatic hydroxyl groups excluding tert-OH is 1. The Hall–Kier alpha value is -0.120. The number of hydrogen-bond acceptors (Lipinski definition) is 3. The molecule has 1 saturated heterocycles. The lowest BCUT2D eigenvalue weighted by Crippen LogP contribution is -2.39. The van der Waals surface area contributed by atoms with Crippen LogP contribution in [0.4, 0.5) is 0 Å². The highest BCUT2D eigenvalue weighted by Crippen LogP contribution is 2.08. The van der Waals surface area contributed by atoms with Gasteiger partial charge in [-0.15, -0.1) is 0 Å². The van der Waals surface area contributed by atoms with Crippen molar-refractivity contribution in [2.24, 2.45) is 0 Å². The molecule has 0 spiro atoms. The van der Waals surface area contributed by atoms with Crippen LogP contribution in [0.25, 0.3) is 0 Å². The van der Waals surface area contributed by atoms with Crippen LogP contribution in [0.5, 0.6) is 0 Å². The molecule has 1 aliphatic rings. The van der Waals surface area contributed by atoms with Gasteiger partial charge in [0, 0.05) is 19.1 Å². The molecule has 0 saturated carbocycles. The minimum Gasteiger partial charge on any atom is -0.393 e. The van der Waals surface area contributed by atoms with Crippen LogP contribution in [0, 0.1) is 0 Å². The highest BCUT2D eigenvalue weighted by molar-refractivity contribution is 4.78. The van der Waals surface area contributed by atoms with Gasteiger partial charge >= 0.3 is 0 Å². The first kappa shape index (κ1) is 13.9. The Morgan fingerprint density at radius 1 is 1.44 bits per heavy atom. The Bertz CT molecular complexity index is 167. The molecular formula is C13H28N2O. The number of rotatable bonds is 8. The maximum absolute atomic E-state index is 9.35. The van der Waals surface area contributed by atoms with Crippen molar-refractivity contribution in [3.63, 3.8) is 0 Å². The zero-order valence-corrected chi connectivity index (χ0v) is 10.9. The summed E-state index contributed by atoms with van der Waals surface area (Å²) in [4.78, 5) is 2.51. The Kier molecular flexibility index (Phi) is 7.01. The van der Waals surface area contributed by atoms with Crippen LogP contribution in [-0.2, 0) is 0 Å². The quantitative estimate of drug-likeness (QED) is 0.662. The largest absolute Gasteiger partial charge is 0.393 e. The van der Waals surface area contributed by atoms with Crippen LogP contribution >= 0.6 is 0 Å². The maximum Gasteiger partial charge on any atom is 0.0524 e. The third-order valence-electron chi connectivity index (χ3n) is 3.33. The van der Waals surface area contributed by atoms with Gasteiger partial charge in [0.05, 0.1) is 6.10 Å². The summed E-state index contributed by atoms with van der Waals surface area (Å²) < 4.78 is 0. The summed E-state index contributed by atoms with van der Waals surface area (Å²) >= 11 is 0. The van der Waals surface area contributed by atoms with Gasteiger partial charge < -0.3 is 15.3 Å². The molecule has 0 aromatic heterocycles. The van der Waals surface area contributed by atoms with E-state index in [1.165, 1.54) is 38.8 Å². The van der Waals surface area contributed by atoms with Crippen molar-refractivity contribution >= 4 is 0 Å². The average Bonchev–Trinajstić information content (AvgIpc) is 2.74. The predicted octanol–water partition coefficient (Wildman–Crippen LogP) is 1.61. The van der Waals surface area contributed by atoms with Crippen LogP contribution in [0.2, 0.25) is 0 Å². The second kappa shape index (κ2) is 8.04. The van der Waals surface area contributed by atoms with Crippen LogP contribution in [0.15, 0.2) is 0 Å². The molecule has 0 aliphatic carbocycles. The van der Waals surface area contributed by atoms with E-state index < -0.39 is 0 Å². The van der Waals surface area contributed by atoms with E-state index in [4.69, 9.17) is 0 Å². The summed E-state index contributed by atoms with van der Waals surface area (Å²) in [5.41, 5.74) is 0. The molecule has 2 N–H and O–H groups in total. The van der Waals surface area contributed by atoms with E-state index in [0.29, 0.717) is 6.04 Å². The standard InChI is InChI=1S/C13H28N2O/c1-3-4-9-15(10-7-12(2)16)11-13-6-5-8-14-13/h12-14,16H,3-11H2,1-2H3. The molecular weight excluding hydrogens is 200 g/mol. The zero-order valence-electron chi connectivity index (χ0n) is 10.9. The Morgan fingerprint density at radius 2 is 2.25 bits per heavy atom. The summed E-state index contributed by atoms with van der Waals surface area (Å²) in [7, 11) is 0. The fourth-order valence-corrected chi connectivity index (χ4v) is 2.27. The minimum absolute atomic E-state index is 0.166. The molecule has 0 aromatic rings. The molecule has 16 heavy (non-hydrogen) atoms. The molecule has 0 amide bonds. The van der Waals surface area contributed by atoms with Crippen molar-refractivity contribution in [1.29, 1.82) is 0 Å². The predicted molar refractivity (Wildman–Crippen MR) is 68.7 cm³/mol. The van der Waals surface area contributed by atoms with Gasteiger partial charge in [-0.3, -0.25) is 0 Å². The van der Waals surface area contributed by atoms with E-state index in [9.17, 15) is 5.11 Å². The van der Waals surface area contributed by atoms with Gasteiger partial charge in [-0.25, -0.2) is 0 Å². The Labute approximate surface area is 100 Å². The van der Waals surface area contributed by atoms with Gasteiger partial charge in [0.1, 0.15) is 0 Å². The highest BCUT2D eigenvalue weighted by atomic mass is 16.3. The second-order valence-corrected chi connectivity index (χ2v) is 5.09. The normalized spacial score (nSPS) is 22.9. The Balaban J connectivity index is 2.24. The monoisotopic (exact) mass is 228 g/mol. The third kappa shape index (κ3) is 5.83. The van der Waals surface area contributed by atoms with Crippen molar-refractivity contribution in [2.45, 2.75) is 58.1 Å². The summed E-state index contributed by atoms with van der Waals surface area (Å²) in [6, 6.07) is 0.686. The molecule has 0 radical (unpaired) electrons. The fraction of sp³-hybridized carbons (Fsp3) is 1.00. The van der Waals surface area contributed by atoms with Crippen LogP contribution in [0.3, 0.4) is 0 Å². The van der Waals surface area contributed by atoms with Crippen LogP contribution in [-0.4, -0.2) is 48.3 Å². The lowest BCUT2D eigenvalue weighted by atomic mass is 10.2. The van der Waals surface area contributed by atoms with E-state index in [0.717, 1.165) is 19.5 Å². The molecule has 3 heteroatoms. The molecule has 0 bridgehead atoms. The van der Waals surface area contributed by atoms with Gasteiger partial charge in [-0.1, -0.05) is 13.3 Å². The summed E-state index contributed by atoms with van der Waals surface area (Å²) in [5, 5.41) is 12.9. The van der Waals surface area contributed by atoms with Gasteiger partial charge in [-0.05, 0) is 45.7 Å². The third-order valence-corrected chi connectivity index (χ3v) is 3.33. The molecule has 96 valence electrons. The number of nitrogens with one attached hydrogen (secondary N) is 1. The second-order valence-electron chi connectivity index (χ2n) is 5.09. The summed E-state index contributed by atoms with van der Waals surface area (Å²) in [5.74, 6) is 0. The zero-order chi connectivity index (χ0) is 11.8. The van der Waals surface area contributed by atoms with E-state index in [1.54, 1.807) is 0 Å². The van der Waals surface area contributed by atoms with Crippen molar-refractivity contribution in [1.82, 2.24) is 10.2 Å². The number of aliphatic hydroxyl groups is 1. The van der Waals surface area contributed by atoms with Crippen molar-refractivity contribution < 1.29 is 5.11 Å². The first-order valence-electron chi connectivity index (χ1n) is 6.86. The van der Waals surface area contributed by atoms with Gasteiger partial charge in [0.25, 0.3) is 0 Å². The molecule has 1 aliphatic heterocycles. The molecule has 2 unspecified atom stereocenters. The molecule has 3 nitrogen and oxygen atoms in total. The van der Waals surface area contributed by atoms with Gasteiger partial charge in [0.15, 0.2) is 0 Å². The van der Waals surface area contributed by atoms with Crippen molar-refractivity contribution in [3.05, 3.63) is 0 Å². The average molecular weight is 228 g/mol. The lowest BCUT2D eigenvalue weighted by molar-refractivity contribution is 0.151. The number of hydrogen-bond donors (Lipinski definition) is 2. The first-order valence-corrected chi connectivity index (χ1v) is 6.86. The molecule has 1 fully saturated rings. The van der Waals surface area contributed by atoms with Crippen molar-refractivity contribution in [2.75, 3.05) is 26.2 Å². The minimum atomic E-state index is -0.166. The smallest absolute Gasteiger partial charge is 0.0524 e. The SMILES string of the molecule is CCCCN(CCC(C)O)CC1CCCN1. The molecule has 1 rings (SSSR count). The van der Waals surface area contributed by atoms with Crippen LogP contribution < -0.4 is 5.32 Å². The molecule has 1 heterocycles. The molecule has 0 aromatic carbocycles. The topological polar surface area (TPSA) is 35.5 Å². The van der Waals surface area contributed by atoms with E-state index in [1.807, 2.05) is 6.92 Å². The molecule has 2 atom stereocenters. The van der Waals surface area contributed by atoms with E-state index in [2.05, 4.69) is 17.1 Å². The van der Waals surface area contributed by atoms with Gasteiger partial charge in [0.2, 0.25) is 0 Å². The lowest BCUT2D eigenvalue weighted by Gasteiger charge is -2.26. The summed E-state index contributed by atoms with van der Waals surface area (Å²) in [6.07, 6.45) is 5.90. The van der Waals surface area contributed by atoms with Crippen molar-refractivity contribution in [3.8, 4) is 0 Å². The summed E-state index contributed by atoms with van der Waals surface area (Å²) in [6.45, 7) is 8.68. The maximum atomic E-state index is 9.35. The fourth-order valence-electron chi connectivity index (χ4n) is 2.27. The Morgan fingerprint density at radius 3 is 2.81 bits per heavy atom. The van der Waals surface area contributed by atoms with E-state index >= 15 is 0 Å². The van der Waals surface area contributed by atoms with Crippen LogP contribution in [0.1, 0.15) is 46.0 Å². The number of unbranched alkanes of at least 4 members (excludes halogenated alkanes) is 1. The number of nitrogens with zero attached hydrogens (tertiary/aromatic N) is 1. The van der Waals surface area contributed by atoms with Gasteiger partial charge in [-0.2, -0.15) is 0 Å². The first-order chi connectivity index (χ1) is 7.72. The highest BCUT2D eigenvalue weighted by Gasteiger charge is 2.17.